The van der Waals surface area contributed by atoms with E-state index in [1.54, 1.807) is 4.90 Å². The highest BCUT2D eigenvalue weighted by atomic mass is 19.2. The maximum atomic E-state index is 13.7. The minimum Gasteiger partial charge on any atom is -0.366 e. The largest absolute Gasteiger partial charge is 0.366 e. The van der Waals surface area contributed by atoms with Crippen LogP contribution in [-0.4, -0.2) is 25.7 Å². The SMILES string of the molecule is CCCC1CN(c2cc(F)c(F)cc2F)CCN1. The zero-order valence-corrected chi connectivity index (χ0v) is 10.3. The van der Waals surface area contributed by atoms with Gasteiger partial charge in [0.2, 0.25) is 0 Å². The Balaban J connectivity index is 2.18. The Kier molecular flexibility index (Phi) is 4.11. The summed E-state index contributed by atoms with van der Waals surface area (Å²) in [6, 6.07) is 1.83. The molecule has 18 heavy (non-hydrogen) atoms. The molecule has 0 aromatic heterocycles. The van der Waals surface area contributed by atoms with Crippen molar-refractivity contribution in [1.29, 1.82) is 0 Å². The van der Waals surface area contributed by atoms with Crippen LogP contribution in [0.3, 0.4) is 0 Å². The number of hydrogen-bond acceptors (Lipinski definition) is 2. The number of hydrogen-bond donors (Lipinski definition) is 1. The van der Waals surface area contributed by atoms with Gasteiger partial charge in [-0.2, -0.15) is 0 Å². The van der Waals surface area contributed by atoms with Crippen molar-refractivity contribution in [2.24, 2.45) is 0 Å². The fourth-order valence-corrected chi connectivity index (χ4v) is 2.34. The van der Waals surface area contributed by atoms with Crippen molar-refractivity contribution in [2.45, 2.75) is 25.8 Å². The number of benzene rings is 1. The summed E-state index contributed by atoms with van der Waals surface area (Å²) >= 11 is 0. The van der Waals surface area contributed by atoms with Gasteiger partial charge in [-0.25, -0.2) is 13.2 Å². The van der Waals surface area contributed by atoms with E-state index >= 15 is 0 Å². The minimum absolute atomic E-state index is 0.150. The molecule has 0 aliphatic carbocycles. The smallest absolute Gasteiger partial charge is 0.161 e. The Labute approximate surface area is 105 Å². The number of halogens is 3. The number of anilines is 1. The van der Waals surface area contributed by atoms with E-state index in [0.29, 0.717) is 19.2 Å². The highest BCUT2D eigenvalue weighted by Crippen LogP contribution is 2.24. The van der Waals surface area contributed by atoms with E-state index in [1.165, 1.54) is 0 Å². The standard InChI is InChI=1S/C13H17F3N2/c1-2-3-9-8-18(5-4-17-9)13-7-11(15)10(14)6-12(13)16/h6-7,9,17H,2-5,8H2,1H3. The van der Waals surface area contributed by atoms with Crippen molar-refractivity contribution >= 4 is 5.69 Å². The van der Waals surface area contributed by atoms with Gasteiger partial charge in [0.15, 0.2) is 11.6 Å². The predicted molar refractivity (Wildman–Crippen MR) is 65.2 cm³/mol. The lowest BCUT2D eigenvalue weighted by molar-refractivity contribution is 0.425. The van der Waals surface area contributed by atoms with Gasteiger partial charge in [0.1, 0.15) is 5.82 Å². The van der Waals surface area contributed by atoms with Crippen molar-refractivity contribution in [1.82, 2.24) is 5.32 Å². The maximum Gasteiger partial charge on any atom is 0.161 e. The summed E-state index contributed by atoms with van der Waals surface area (Å²) in [6.07, 6.45) is 2.02. The van der Waals surface area contributed by atoms with E-state index in [0.717, 1.165) is 25.5 Å². The summed E-state index contributed by atoms with van der Waals surface area (Å²) in [6.45, 7) is 4.03. The van der Waals surface area contributed by atoms with E-state index in [1.807, 2.05) is 0 Å². The summed E-state index contributed by atoms with van der Waals surface area (Å²) in [5.41, 5.74) is 0.150. The highest BCUT2D eigenvalue weighted by molar-refractivity contribution is 5.49. The second-order valence-electron chi connectivity index (χ2n) is 4.60. The summed E-state index contributed by atoms with van der Waals surface area (Å²) < 4.78 is 39.7. The predicted octanol–water partition coefficient (Wildman–Crippen LogP) is 2.68. The molecule has 0 amide bonds. The number of nitrogens with one attached hydrogen (secondary N) is 1. The lowest BCUT2D eigenvalue weighted by atomic mass is 10.1. The van der Waals surface area contributed by atoms with Gasteiger partial charge in [-0.05, 0) is 6.42 Å². The van der Waals surface area contributed by atoms with Crippen molar-refractivity contribution in [3.8, 4) is 0 Å². The normalized spacial score (nSPS) is 20.2. The lowest BCUT2D eigenvalue weighted by Crippen LogP contribution is -2.51. The Morgan fingerprint density at radius 1 is 1.22 bits per heavy atom. The van der Waals surface area contributed by atoms with Gasteiger partial charge in [-0.1, -0.05) is 13.3 Å². The molecule has 1 N–H and O–H groups in total. The molecule has 0 bridgehead atoms. The quantitative estimate of drug-likeness (QED) is 0.839. The van der Waals surface area contributed by atoms with E-state index < -0.39 is 17.5 Å². The monoisotopic (exact) mass is 258 g/mol. The van der Waals surface area contributed by atoms with Crippen LogP contribution in [0.25, 0.3) is 0 Å². The molecule has 1 aromatic rings. The van der Waals surface area contributed by atoms with Crippen LogP contribution in [0.2, 0.25) is 0 Å². The number of rotatable bonds is 3. The molecule has 0 saturated carbocycles. The molecule has 1 unspecified atom stereocenters. The van der Waals surface area contributed by atoms with E-state index in [2.05, 4.69) is 12.2 Å². The van der Waals surface area contributed by atoms with Gasteiger partial charge >= 0.3 is 0 Å². The first-order valence-electron chi connectivity index (χ1n) is 6.24. The van der Waals surface area contributed by atoms with Crippen molar-refractivity contribution in [3.05, 3.63) is 29.6 Å². The molecule has 5 heteroatoms. The molecule has 0 radical (unpaired) electrons. The highest BCUT2D eigenvalue weighted by Gasteiger charge is 2.22. The van der Waals surface area contributed by atoms with Crippen molar-refractivity contribution in [3.63, 3.8) is 0 Å². The van der Waals surface area contributed by atoms with Crippen LogP contribution < -0.4 is 10.2 Å². The molecule has 1 saturated heterocycles. The van der Waals surface area contributed by atoms with Gasteiger partial charge in [-0.3, -0.25) is 0 Å². The van der Waals surface area contributed by atoms with Crippen LogP contribution in [0.15, 0.2) is 12.1 Å². The van der Waals surface area contributed by atoms with E-state index in [-0.39, 0.29) is 11.7 Å². The first kappa shape index (κ1) is 13.2. The van der Waals surface area contributed by atoms with Gasteiger partial charge in [-0.15, -0.1) is 0 Å². The van der Waals surface area contributed by atoms with Gasteiger partial charge in [0.25, 0.3) is 0 Å². The summed E-state index contributed by atoms with van der Waals surface area (Å²) in [5, 5.41) is 3.33. The molecule has 100 valence electrons. The zero-order valence-electron chi connectivity index (χ0n) is 10.3. The minimum atomic E-state index is -1.14. The van der Waals surface area contributed by atoms with Gasteiger partial charge in [0, 0.05) is 37.8 Å². The van der Waals surface area contributed by atoms with Crippen LogP contribution in [0.5, 0.6) is 0 Å². The molecule has 1 atom stereocenters. The fourth-order valence-electron chi connectivity index (χ4n) is 2.34. The third-order valence-corrected chi connectivity index (χ3v) is 3.22. The van der Waals surface area contributed by atoms with Crippen LogP contribution in [-0.2, 0) is 0 Å². The molecule has 1 aliphatic rings. The molecule has 1 fully saturated rings. The maximum absolute atomic E-state index is 13.7. The number of piperazine rings is 1. The van der Waals surface area contributed by atoms with Crippen molar-refractivity contribution < 1.29 is 13.2 Å². The molecule has 1 aliphatic heterocycles. The summed E-state index contributed by atoms with van der Waals surface area (Å²) in [4.78, 5) is 1.77. The second kappa shape index (κ2) is 5.61. The molecule has 1 aromatic carbocycles. The fraction of sp³-hybridized carbons (Fsp3) is 0.538. The molecule has 1 heterocycles. The third kappa shape index (κ3) is 2.77. The Hall–Kier alpha value is -1.23. The average Bonchev–Trinajstić information content (AvgIpc) is 2.34. The zero-order chi connectivity index (χ0) is 13.1. The number of nitrogens with zero attached hydrogens (tertiary/aromatic N) is 1. The average molecular weight is 258 g/mol. The molecule has 2 nitrogen and oxygen atoms in total. The molecular weight excluding hydrogens is 241 g/mol. The van der Waals surface area contributed by atoms with E-state index in [9.17, 15) is 13.2 Å². The van der Waals surface area contributed by atoms with Gasteiger partial charge < -0.3 is 10.2 Å². The Bertz CT molecular complexity index is 421. The molecular formula is C13H17F3N2. The first-order valence-corrected chi connectivity index (χ1v) is 6.24. The van der Waals surface area contributed by atoms with E-state index in [4.69, 9.17) is 0 Å². The lowest BCUT2D eigenvalue weighted by Gasteiger charge is -2.35. The Morgan fingerprint density at radius 3 is 2.67 bits per heavy atom. The van der Waals surface area contributed by atoms with Crippen LogP contribution in [0, 0.1) is 17.5 Å². The summed E-state index contributed by atoms with van der Waals surface area (Å²) in [7, 11) is 0. The summed E-state index contributed by atoms with van der Waals surface area (Å²) in [5.74, 6) is -2.85. The molecule has 0 spiro atoms. The Morgan fingerprint density at radius 2 is 1.94 bits per heavy atom. The van der Waals surface area contributed by atoms with Gasteiger partial charge in [0.05, 0.1) is 5.69 Å². The van der Waals surface area contributed by atoms with Crippen LogP contribution >= 0.6 is 0 Å². The third-order valence-electron chi connectivity index (χ3n) is 3.22. The van der Waals surface area contributed by atoms with Crippen LogP contribution in [0.1, 0.15) is 19.8 Å². The topological polar surface area (TPSA) is 15.3 Å². The molecule has 2 rings (SSSR count). The first-order chi connectivity index (χ1) is 8.61. The van der Waals surface area contributed by atoms with Crippen LogP contribution in [0.4, 0.5) is 18.9 Å². The second-order valence-corrected chi connectivity index (χ2v) is 4.60. The van der Waals surface area contributed by atoms with Crippen molar-refractivity contribution in [2.75, 3.05) is 24.5 Å².